The predicted octanol–water partition coefficient (Wildman–Crippen LogP) is 0.782. The topological polar surface area (TPSA) is 57.7 Å². The number of piperazine rings is 1. The Balaban J connectivity index is 2.78. The lowest BCUT2D eigenvalue weighted by atomic mass is 10.1. The summed E-state index contributed by atoms with van der Waals surface area (Å²) in [5.74, 6) is -0.631. The van der Waals surface area contributed by atoms with Gasteiger partial charge < -0.3 is 4.90 Å². The summed E-state index contributed by atoms with van der Waals surface area (Å²) < 4.78 is 0. The minimum atomic E-state index is -0.517. The van der Waals surface area contributed by atoms with Gasteiger partial charge in [-0.3, -0.25) is 19.3 Å². The number of hydrogen-bond donors (Lipinski definition) is 0. The standard InChI is InChI=1S/C12H20N2O3/c1-4-6-10(15)14-8-11(16)13(7-5-2)9(3)12(14)17/h9H,4-8H2,1-3H3/t9-/m0/s1. The summed E-state index contributed by atoms with van der Waals surface area (Å²) >= 11 is 0. The molecule has 1 fully saturated rings. The van der Waals surface area contributed by atoms with Gasteiger partial charge in [0.1, 0.15) is 12.6 Å². The van der Waals surface area contributed by atoms with E-state index in [1.807, 2.05) is 13.8 Å². The smallest absolute Gasteiger partial charge is 0.252 e. The maximum Gasteiger partial charge on any atom is 0.252 e. The normalized spacial score (nSPS) is 21.0. The van der Waals surface area contributed by atoms with Gasteiger partial charge in [-0.05, 0) is 19.8 Å². The van der Waals surface area contributed by atoms with Crippen LogP contribution >= 0.6 is 0 Å². The fourth-order valence-corrected chi connectivity index (χ4v) is 2.00. The second-order valence-electron chi connectivity index (χ2n) is 4.33. The highest BCUT2D eigenvalue weighted by molar-refractivity contribution is 6.04. The van der Waals surface area contributed by atoms with Crippen molar-refractivity contribution in [1.29, 1.82) is 0 Å². The number of amides is 3. The molecule has 0 aromatic rings. The van der Waals surface area contributed by atoms with E-state index in [9.17, 15) is 14.4 Å². The molecule has 17 heavy (non-hydrogen) atoms. The maximum absolute atomic E-state index is 12.0. The van der Waals surface area contributed by atoms with Gasteiger partial charge in [0.25, 0.3) is 5.91 Å². The molecule has 1 heterocycles. The van der Waals surface area contributed by atoms with Crippen molar-refractivity contribution in [3.8, 4) is 0 Å². The molecule has 1 aliphatic rings. The van der Waals surface area contributed by atoms with Crippen molar-refractivity contribution in [2.75, 3.05) is 13.1 Å². The van der Waals surface area contributed by atoms with Crippen molar-refractivity contribution in [3.63, 3.8) is 0 Å². The molecule has 5 heteroatoms. The number of carbonyl (C=O) groups excluding carboxylic acids is 3. The van der Waals surface area contributed by atoms with Crippen LogP contribution in [0.4, 0.5) is 0 Å². The van der Waals surface area contributed by atoms with Crippen LogP contribution in [0.25, 0.3) is 0 Å². The van der Waals surface area contributed by atoms with E-state index in [-0.39, 0.29) is 24.3 Å². The summed E-state index contributed by atoms with van der Waals surface area (Å²) in [4.78, 5) is 38.2. The Morgan fingerprint density at radius 3 is 2.47 bits per heavy atom. The van der Waals surface area contributed by atoms with E-state index in [2.05, 4.69) is 0 Å². The van der Waals surface area contributed by atoms with Crippen LogP contribution < -0.4 is 0 Å². The van der Waals surface area contributed by atoms with Crippen LogP contribution in [0.2, 0.25) is 0 Å². The van der Waals surface area contributed by atoms with Gasteiger partial charge in [-0.15, -0.1) is 0 Å². The van der Waals surface area contributed by atoms with E-state index in [0.29, 0.717) is 19.4 Å². The lowest BCUT2D eigenvalue weighted by Gasteiger charge is -2.37. The Kier molecular flexibility index (Phi) is 4.66. The molecule has 1 saturated heterocycles. The van der Waals surface area contributed by atoms with Gasteiger partial charge >= 0.3 is 0 Å². The van der Waals surface area contributed by atoms with Crippen LogP contribution in [0.15, 0.2) is 0 Å². The van der Waals surface area contributed by atoms with Gasteiger partial charge in [0, 0.05) is 13.0 Å². The largest absolute Gasteiger partial charge is 0.329 e. The van der Waals surface area contributed by atoms with Gasteiger partial charge in [0.05, 0.1) is 0 Å². The lowest BCUT2D eigenvalue weighted by Crippen LogP contribution is -2.60. The molecule has 1 atom stereocenters. The first-order valence-electron chi connectivity index (χ1n) is 6.16. The van der Waals surface area contributed by atoms with Gasteiger partial charge in [0.2, 0.25) is 11.8 Å². The number of hydrogen-bond acceptors (Lipinski definition) is 3. The monoisotopic (exact) mass is 240 g/mol. The van der Waals surface area contributed by atoms with Crippen molar-refractivity contribution in [2.45, 2.75) is 46.1 Å². The first kappa shape index (κ1) is 13.7. The Bertz CT molecular complexity index is 328. The van der Waals surface area contributed by atoms with E-state index in [1.54, 1.807) is 11.8 Å². The van der Waals surface area contributed by atoms with Crippen LogP contribution in [0.3, 0.4) is 0 Å². The zero-order valence-corrected chi connectivity index (χ0v) is 10.7. The van der Waals surface area contributed by atoms with Crippen LogP contribution in [0.1, 0.15) is 40.0 Å². The molecular formula is C12H20N2O3. The summed E-state index contributed by atoms with van der Waals surface area (Å²) in [5, 5.41) is 0. The summed E-state index contributed by atoms with van der Waals surface area (Å²) in [6, 6.07) is -0.517. The summed E-state index contributed by atoms with van der Waals surface area (Å²) in [5.41, 5.74) is 0. The number of imide groups is 1. The van der Waals surface area contributed by atoms with Crippen LogP contribution in [-0.4, -0.2) is 46.7 Å². The van der Waals surface area contributed by atoms with E-state index in [0.717, 1.165) is 11.3 Å². The number of nitrogens with zero attached hydrogens (tertiary/aromatic N) is 2. The van der Waals surface area contributed by atoms with Crippen LogP contribution in [0.5, 0.6) is 0 Å². The van der Waals surface area contributed by atoms with E-state index in [1.165, 1.54) is 0 Å². The van der Waals surface area contributed by atoms with Crippen molar-refractivity contribution in [2.24, 2.45) is 0 Å². The van der Waals surface area contributed by atoms with Crippen LogP contribution in [0, 0.1) is 0 Å². The average molecular weight is 240 g/mol. The lowest BCUT2D eigenvalue weighted by molar-refractivity contribution is -0.161. The molecule has 3 amide bonds. The third kappa shape index (κ3) is 2.84. The molecule has 0 spiro atoms. The third-order valence-electron chi connectivity index (χ3n) is 2.93. The quantitative estimate of drug-likeness (QED) is 0.729. The summed E-state index contributed by atoms with van der Waals surface area (Å²) in [7, 11) is 0. The van der Waals surface area contributed by atoms with Crippen molar-refractivity contribution >= 4 is 17.7 Å². The fourth-order valence-electron chi connectivity index (χ4n) is 2.00. The predicted molar refractivity (Wildman–Crippen MR) is 63.1 cm³/mol. The highest BCUT2D eigenvalue weighted by atomic mass is 16.2. The molecule has 0 aromatic heterocycles. The molecule has 1 rings (SSSR count). The number of rotatable bonds is 4. The Hall–Kier alpha value is -1.39. The van der Waals surface area contributed by atoms with E-state index in [4.69, 9.17) is 0 Å². The van der Waals surface area contributed by atoms with Gasteiger partial charge in [-0.1, -0.05) is 13.8 Å². The molecule has 1 aliphatic heterocycles. The Labute approximate surface area is 102 Å². The molecule has 0 aliphatic carbocycles. The average Bonchev–Trinajstić information content (AvgIpc) is 2.29. The molecule has 0 saturated carbocycles. The van der Waals surface area contributed by atoms with Crippen LogP contribution in [-0.2, 0) is 14.4 Å². The minimum absolute atomic E-state index is 0.0952. The van der Waals surface area contributed by atoms with Gasteiger partial charge in [-0.25, -0.2) is 0 Å². The summed E-state index contributed by atoms with van der Waals surface area (Å²) in [6.45, 7) is 5.99. The second kappa shape index (κ2) is 5.80. The van der Waals surface area contributed by atoms with Crippen molar-refractivity contribution in [3.05, 3.63) is 0 Å². The third-order valence-corrected chi connectivity index (χ3v) is 2.93. The molecular weight excluding hydrogens is 220 g/mol. The molecule has 96 valence electrons. The molecule has 0 radical (unpaired) electrons. The first-order chi connectivity index (χ1) is 8.02. The maximum atomic E-state index is 12.0. The molecule has 0 N–H and O–H groups in total. The first-order valence-corrected chi connectivity index (χ1v) is 6.16. The van der Waals surface area contributed by atoms with E-state index >= 15 is 0 Å². The Morgan fingerprint density at radius 1 is 1.29 bits per heavy atom. The summed E-state index contributed by atoms with van der Waals surface area (Å²) in [6.07, 6.45) is 1.82. The second-order valence-corrected chi connectivity index (χ2v) is 4.33. The van der Waals surface area contributed by atoms with Crippen molar-refractivity contribution in [1.82, 2.24) is 9.80 Å². The zero-order chi connectivity index (χ0) is 13.0. The van der Waals surface area contributed by atoms with Crippen molar-refractivity contribution < 1.29 is 14.4 Å². The minimum Gasteiger partial charge on any atom is -0.329 e. The number of carbonyl (C=O) groups is 3. The van der Waals surface area contributed by atoms with E-state index < -0.39 is 6.04 Å². The molecule has 0 bridgehead atoms. The van der Waals surface area contributed by atoms with Gasteiger partial charge in [-0.2, -0.15) is 0 Å². The molecule has 0 aromatic carbocycles. The molecule has 5 nitrogen and oxygen atoms in total. The fraction of sp³-hybridized carbons (Fsp3) is 0.750. The zero-order valence-electron chi connectivity index (χ0n) is 10.7. The van der Waals surface area contributed by atoms with Gasteiger partial charge in [0.15, 0.2) is 0 Å². The molecule has 0 unspecified atom stereocenters. The SMILES string of the molecule is CCCC(=O)N1CC(=O)N(CCC)[C@@H](C)C1=O. The highest BCUT2D eigenvalue weighted by Gasteiger charge is 2.38. The Morgan fingerprint density at radius 2 is 1.94 bits per heavy atom. The highest BCUT2D eigenvalue weighted by Crippen LogP contribution is 2.14.